The number of hydrogen-bond donors (Lipinski definition) is 1. The summed E-state index contributed by atoms with van der Waals surface area (Å²) in [7, 11) is 1.92. The average molecular weight is 249 g/mol. The van der Waals surface area contributed by atoms with Crippen molar-refractivity contribution in [2.75, 3.05) is 7.05 Å². The smallest absolute Gasteiger partial charge is 0.262 e. The van der Waals surface area contributed by atoms with Gasteiger partial charge in [-0.25, -0.2) is 9.97 Å². The van der Waals surface area contributed by atoms with Crippen molar-refractivity contribution in [2.24, 2.45) is 0 Å². The van der Waals surface area contributed by atoms with Gasteiger partial charge in [-0.2, -0.15) is 0 Å². The predicted molar refractivity (Wildman–Crippen MR) is 67.1 cm³/mol. The van der Waals surface area contributed by atoms with Gasteiger partial charge in [-0.1, -0.05) is 6.07 Å². The zero-order chi connectivity index (χ0) is 12.3. The molecule has 2 heterocycles. The first-order valence-electron chi connectivity index (χ1n) is 5.40. The van der Waals surface area contributed by atoms with Gasteiger partial charge < -0.3 is 9.73 Å². The van der Waals surface area contributed by atoms with Crippen LogP contribution in [0, 0.1) is 13.8 Å². The molecule has 17 heavy (non-hydrogen) atoms. The molecule has 0 aliphatic heterocycles. The van der Waals surface area contributed by atoms with Gasteiger partial charge >= 0.3 is 0 Å². The lowest BCUT2D eigenvalue weighted by Crippen LogP contribution is -2.04. The topological polar surface area (TPSA) is 51.0 Å². The number of pyridine rings is 1. The van der Waals surface area contributed by atoms with E-state index in [1.807, 2.05) is 33.2 Å². The summed E-state index contributed by atoms with van der Waals surface area (Å²) >= 11 is 1.44. The Morgan fingerprint density at radius 1 is 1.35 bits per heavy atom. The Morgan fingerprint density at radius 3 is 2.71 bits per heavy atom. The van der Waals surface area contributed by atoms with Crippen LogP contribution >= 0.6 is 11.8 Å². The standard InChI is InChI=1S/C12H15N3OS/c1-8-9(2)16-12(15-8)17-11-5-4-10(6-13-3)7-14-11/h4-5,7,13H,6H2,1-3H3. The fourth-order valence-corrected chi connectivity index (χ4v) is 2.13. The van der Waals surface area contributed by atoms with Crippen LogP contribution in [0.15, 0.2) is 33.0 Å². The Labute approximate surface area is 105 Å². The van der Waals surface area contributed by atoms with Crippen LogP contribution in [0.3, 0.4) is 0 Å². The van der Waals surface area contributed by atoms with Crippen LogP contribution in [0.5, 0.6) is 0 Å². The molecule has 0 bridgehead atoms. The van der Waals surface area contributed by atoms with Crippen molar-refractivity contribution in [2.45, 2.75) is 30.6 Å². The van der Waals surface area contributed by atoms with E-state index < -0.39 is 0 Å². The van der Waals surface area contributed by atoms with E-state index in [-0.39, 0.29) is 0 Å². The molecule has 0 saturated heterocycles. The van der Waals surface area contributed by atoms with Gasteiger partial charge in [0, 0.05) is 12.7 Å². The molecule has 90 valence electrons. The van der Waals surface area contributed by atoms with E-state index in [1.54, 1.807) is 0 Å². The Hall–Kier alpha value is -1.33. The lowest BCUT2D eigenvalue weighted by molar-refractivity contribution is 0.431. The summed E-state index contributed by atoms with van der Waals surface area (Å²) in [4.78, 5) is 8.66. The van der Waals surface area contributed by atoms with Crippen LogP contribution in [0.2, 0.25) is 0 Å². The molecule has 2 aromatic rings. The zero-order valence-electron chi connectivity index (χ0n) is 10.2. The summed E-state index contributed by atoms with van der Waals surface area (Å²) in [5.74, 6) is 0.860. The maximum absolute atomic E-state index is 5.50. The highest BCUT2D eigenvalue weighted by Gasteiger charge is 2.08. The first-order chi connectivity index (χ1) is 8.19. The third kappa shape index (κ3) is 3.08. The van der Waals surface area contributed by atoms with Crippen molar-refractivity contribution in [3.8, 4) is 0 Å². The molecular formula is C12H15N3OS. The van der Waals surface area contributed by atoms with E-state index in [1.165, 1.54) is 11.8 Å². The van der Waals surface area contributed by atoms with Gasteiger partial charge in [-0.3, -0.25) is 0 Å². The highest BCUT2D eigenvalue weighted by Crippen LogP contribution is 2.26. The van der Waals surface area contributed by atoms with Gasteiger partial charge in [0.25, 0.3) is 5.22 Å². The van der Waals surface area contributed by atoms with Crippen molar-refractivity contribution in [3.05, 3.63) is 35.3 Å². The fraction of sp³-hybridized carbons (Fsp3) is 0.333. The molecule has 0 aliphatic carbocycles. The molecule has 0 atom stereocenters. The quantitative estimate of drug-likeness (QED) is 0.902. The van der Waals surface area contributed by atoms with Crippen LogP contribution in [0.4, 0.5) is 0 Å². The number of aryl methyl sites for hydroxylation is 2. The van der Waals surface area contributed by atoms with Crippen LogP contribution in [-0.4, -0.2) is 17.0 Å². The van der Waals surface area contributed by atoms with Crippen molar-refractivity contribution in [3.63, 3.8) is 0 Å². The summed E-state index contributed by atoms with van der Waals surface area (Å²) in [5, 5.41) is 4.63. The van der Waals surface area contributed by atoms with Gasteiger partial charge in [0.2, 0.25) is 0 Å². The van der Waals surface area contributed by atoms with Gasteiger partial charge in [0.1, 0.15) is 10.8 Å². The minimum Gasteiger partial charge on any atom is -0.436 e. The number of nitrogens with zero attached hydrogens (tertiary/aromatic N) is 2. The van der Waals surface area contributed by atoms with E-state index in [4.69, 9.17) is 4.42 Å². The molecule has 5 heteroatoms. The predicted octanol–water partition coefficient (Wildman–Crippen LogP) is 2.56. The van der Waals surface area contributed by atoms with Gasteiger partial charge in [0.15, 0.2) is 0 Å². The molecule has 2 rings (SSSR count). The van der Waals surface area contributed by atoms with Crippen molar-refractivity contribution >= 4 is 11.8 Å². The van der Waals surface area contributed by atoms with Gasteiger partial charge in [-0.15, -0.1) is 0 Å². The van der Waals surface area contributed by atoms with Gasteiger partial charge in [-0.05, 0) is 44.3 Å². The van der Waals surface area contributed by atoms with Crippen LogP contribution < -0.4 is 5.32 Å². The lowest BCUT2D eigenvalue weighted by Gasteiger charge is -2.00. The largest absolute Gasteiger partial charge is 0.436 e. The van der Waals surface area contributed by atoms with E-state index in [9.17, 15) is 0 Å². The Morgan fingerprint density at radius 2 is 2.18 bits per heavy atom. The molecule has 0 amide bonds. The normalized spacial score (nSPS) is 10.8. The highest BCUT2D eigenvalue weighted by atomic mass is 32.2. The van der Waals surface area contributed by atoms with Gasteiger partial charge in [0.05, 0.1) is 5.69 Å². The molecule has 0 aromatic carbocycles. The van der Waals surface area contributed by atoms with E-state index in [0.717, 1.165) is 28.6 Å². The van der Waals surface area contributed by atoms with E-state index >= 15 is 0 Å². The van der Waals surface area contributed by atoms with Crippen molar-refractivity contribution in [1.82, 2.24) is 15.3 Å². The first-order valence-corrected chi connectivity index (χ1v) is 6.22. The maximum atomic E-state index is 5.50. The summed E-state index contributed by atoms with van der Waals surface area (Å²) in [5.41, 5.74) is 2.09. The summed E-state index contributed by atoms with van der Waals surface area (Å²) < 4.78 is 5.50. The minimum absolute atomic E-state index is 0.647. The van der Waals surface area contributed by atoms with E-state index in [0.29, 0.717) is 5.22 Å². The second-order valence-corrected chi connectivity index (χ2v) is 4.73. The molecule has 0 unspecified atom stereocenters. The summed E-state index contributed by atoms with van der Waals surface area (Å²) in [6.07, 6.45) is 1.86. The number of nitrogens with one attached hydrogen (secondary N) is 1. The number of hydrogen-bond acceptors (Lipinski definition) is 5. The number of aromatic nitrogens is 2. The molecular weight excluding hydrogens is 234 g/mol. The van der Waals surface area contributed by atoms with Crippen LogP contribution in [-0.2, 0) is 6.54 Å². The monoisotopic (exact) mass is 249 g/mol. The Bertz CT molecular complexity index is 473. The third-order valence-electron chi connectivity index (χ3n) is 2.38. The fourth-order valence-electron chi connectivity index (χ4n) is 1.36. The molecule has 0 spiro atoms. The van der Waals surface area contributed by atoms with Crippen LogP contribution in [0.25, 0.3) is 0 Å². The summed E-state index contributed by atoms with van der Waals surface area (Å²) in [6, 6.07) is 4.03. The molecule has 2 aromatic heterocycles. The molecule has 0 aliphatic rings. The zero-order valence-corrected chi connectivity index (χ0v) is 11.0. The highest BCUT2D eigenvalue weighted by molar-refractivity contribution is 7.99. The molecule has 4 nitrogen and oxygen atoms in total. The molecule has 0 fully saturated rings. The lowest BCUT2D eigenvalue weighted by atomic mass is 10.3. The Balaban J connectivity index is 2.08. The average Bonchev–Trinajstić information content (AvgIpc) is 2.61. The van der Waals surface area contributed by atoms with E-state index in [2.05, 4.69) is 21.4 Å². The summed E-state index contributed by atoms with van der Waals surface area (Å²) in [6.45, 7) is 4.68. The second-order valence-electron chi connectivity index (χ2n) is 3.76. The number of rotatable bonds is 4. The number of oxazole rings is 1. The Kier molecular flexibility index (Phi) is 3.81. The minimum atomic E-state index is 0.647. The first kappa shape index (κ1) is 12.1. The van der Waals surface area contributed by atoms with Crippen LogP contribution in [0.1, 0.15) is 17.0 Å². The third-order valence-corrected chi connectivity index (χ3v) is 3.18. The van der Waals surface area contributed by atoms with Crippen molar-refractivity contribution in [1.29, 1.82) is 0 Å². The SMILES string of the molecule is CNCc1ccc(Sc2nc(C)c(C)o2)nc1. The maximum Gasteiger partial charge on any atom is 0.262 e. The molecule has 1 N–H and O–H groups in total. The molecule has 0 saturated carbocycles. The van der Waals surface area contributed by atoms with Crippen molar-refractivity contribution < 1.29 is 4.42 Å². The second kappa shape index (κ2) is 5.33. The molecule has 0 radical (unpaired) electrons.